The van der Waals surface area contributed by atoms with Gasteiger partial charge in [0.15, 0.2) is 11.5 Å². The highest BCUT2D eigenvalue weighted by molar-refractivity contribution is 6.05. The van der Waals surface area contributed by atoms with Crippen molar-refractivity contribution in [3.63, 3.8) is 0 Å². The highest BCUT2D eigenvalue weighted by Crippen LogP contribution is 2.35. The molecule has 0 aliphatic carbocycles. The molecule has 0 radical (unpaired) electrons. The van der Waals surface area contributed by atoms with E-state index in [-0.39, 0.29) is 18.8 Å². The number of hydrazone groups is 1. The summed E-state index contributed by atoms with van der Waals surface area (Å²) in [6.45, 7) is 0.167. The number of nitrogens with zero attached hydrogens (tertiary/aromatic N) is 1. The Morgan fingerprint density at radius 2 is 1.69 bits per heavy atom. The summed E-state index contributed by atoms with van der Waals surface area (Å²) in [4.78, 5) is 12.6. The molecule has 0 aromatic heterocycles. The summed E-state index contributed by atoms with van der Waals surface area (Å²) in [5, 5.41) is 4.44. The van der Waals surface area contributed by atoms with Gasteiger partial charge in [0, 0.05) is 17.5 Å². The Labute approximate surface area is 167 Å². The van der Waals surface area contributed by atoms with Gasteiger partial charge in [-0.3, -0.25) is 4.79 Å². The van der Waals surface area contributed by atoms with Crippen LogP contribution < -0.4 is 19.6 Å². The smallest absolute Gasteiger partial charge is 0.271 e. The molecule has 144 valence electrons. The van der Waals surface area contributed by atoms with Gasteiger partial charge in [0.1, 0.15) is 11.9 Å². The van der Waals surface area contributed by atoms with Gasteiger partial charge in [-0.1, -0.05) is 42.5 Å². The average molecular weight is 386 g/mol. The summed E-state index contributed by atoms with van der Waals surface area (Å²) >= 11 is 0. The van der Waals surface area contributed by atoms with Crippen LogP contribution in [-0.2, 0) is 0 Å². The summed E-state index contributed by atoms with van der Waals surface area (Å²) in [6, 6.07) is 22.8. The van der Waals surface area contributed by atoms with E-state index in [9.17, 15) is 4.79 Å². The molecule has 1 N–H and O–H groups in total. The summed E-state index contributed by atoms with van der Waals surface area (Å²) < 4.78 is 16.8. The van der Waals surface area contributed by atoms with Crippen LogP contribution >= 0.6 is 0 Å². The number of nitrogens with one attached hydrogen (secondary N) is 1. The first-order valence-electron chi connectivity index (χ1n) is 9.35. The van der Waals surface area contributed by atoms with Crippen LogP contribution in [0.3, 0.4) is 0 Å². The van der Waals surface area contributed by atoms with Crippen LogP contribution in [0, 0.1) is 0 Å². The van der Waals surface area contributed by atoms with Crippen molar-refractivity contribution in [3.8, 4) is 17.2 Å². The third-order valence-corrected chi connectivity index (χ3v) is 4.94. The first kappa shape index (κ1) is 17.3. The minimum Gasteiger partial charge on any atom is -0.485 e. The molecule has 1 amide bonds. The molecule has 0 fully saturated rings. The molecule has 0 spiro atoms. The summed E-state index contributed by atoms with van der Waals surface area (Å²) in [5.41, 5.74) is 5.85. The standard InChI is InChI=1S/C23H18N2O4/c26-23(16-10-11-20-22(12-16)28-14-27-20)25-24-18-13-21(15-6-2-1-3-7-15)29-19-9-5-4-8-17(18)19/h1-12,21H,13-14H2,(H,25,26)/b24-18+/t21-/m0/s1. The minimum atomic E-state index is -0.309. The van der Waals surface area contributed by atoms with Gasteiger partial charge in [0.05, 0.1) is 5.71 Å². The number of rotatable bonds is 3. The molecule has 0 saturated carbocycles. The third-order valence-electron chi connectivity index (χ3n) is 4.94. The van der Waals surface area contributed by atoms with Crippen molar-refractivity contribution >= 4 is 11.6 Å². The molecule has 6 nitrogen and oxygen atoms in total. The fraction of sp³-hybridized carbons (Fsp3) is 0.130. The number of carbonyl (C=O) groups excluding carboxylic acids is 1. The highest BCUT2D eigenvalue weighted by atomic mass is 16.7. The SMILES string of the molecule is O=C(N/N=C1\C[C@@H](c2ccccc2)Oc2ccccc21)c1ccc2c(c1)OCO2. The van der Waals surface area contributed by atoms with E-state index < -0.39 is 0 Å². The predicted octanol–water partition coefficient (Wildman–Crippen LogP) is 4.07. The molecule has 0 saturated heterocycles. The van der Waals surface area contributed by atoms with E-state index in [0.717, 1.165) is 22.6 Å². The van der Waals surface area contributed by atoms with Crippen molar-refractivity contribution in [1.29, 1.82) is 0 Å². The molecule has 1 atom stereocenters. The number of fused-ring (bicyclic) bond motifs is 2. The van der Waals surface area contributed by atoms with Crippen LogP contribution in [-0.4, -0.2) is 18.4 Å². The number of para-hydroxylation sites is 1. The molecule has 2 aliphatic rings. The van der Waals surface area contributed by atoms with Gasteiger partial charge < -0.3 is 14.2 Å². The van der Waals surface area contributed by atoms with Gasteiger partial charge in [-0.25, -0.2) is 5.43 Å². The van der Waals surface area contributed by atoms with Gasteiger partial charge in [-0.2, -0.15) is 5.10 Å². The van der Waals surface area contributed by atoms with Crippen LogP contribution in [0.4, 0.5) is 0 Å². The lowest BCUT2D eigenvalue weighted by Crippen LogP contribution is -2.25. The molecule has 0 unspecified atom stereocenters. The van der Waals surface area contributed by atoms with Crippen LogP contribution in [0.2, 0.25) is 0 Å². The van der Waals surface area contributed by atoms with E-state index in [4.69, 9.17) is 14.2 Å². The van der Waals surface area contributed by atoms with Crippen LogP contribution in [0.15, 0.2) is 77.9 Å². The zero-order valence-electron chi connectivity index (χ0n) is 15.5. The van der Waals surface area contributed by atoms with Crippen molar-refractivity contribution < 1.29 is 19.0 Å². The fourth-order valence-electron chi connectivity index (χ4n) is 3.47. The maximum Gasteiger partial charge on any atom is 0.271 e. The van der Waals surface area contributed by atoms with E-state index in [1.165, 1.54) is 0 Å². The predicted molar refractivity (Wildman–Crippen MR) is 107 cm³/mol. The first-order chi connectivity index (χ1) is 14.3. The molecule has 6 heteroatoms. The molecule has 2 aliphatic heterocycles. The van der Waals surface area contributed by atoms with Crippen molar-refractivity contribution in [2.75, 3.05) is 6.79 Å². The zero-order chi connectivity index (χ0) is 19.6. The lowest BCUT2D eigenvalue weighted by molar-refractivity contribution is 0.0954. The van der Waals surface area contributed by atoms with Crippen LogP contribution in [0.5, 0.6) is 17.2 Å². The molecular weight excluding hydrogens is 368 g/mol. The molecule has 3 aromatic rings. The maximum atomic E-state index is 12.6. The normalized spacial score (nSPS) is 18.1. The molecule has 29 heavy (non-hydrogen) atoms. The minimum absolute atomic E-state index is 0.160. The summed E-state index contributed by atoms with van der Waals surface area (Å²) in [5.74, 6) is 1.64. The molecule has 2 heterocycles. The van der Waals surface area contributed by atoms with E-state index >= 15 is 0 Å². The second kappa shape index (κ2) is 7.31. The largest absolute Gasteiger partial charge is 0.485 e. The van der Waals surface area contributed by atoms with Crippen molar-refractivity contribution in [2.45, 2.75) is 12.5 Å². The zero-order valence-corrected chi connectivity index (χ0v) is 15.5. The maximum absolute atomic E-state index is 12.6. The monoisotopic (exact) mass is 386 g/mol. The number of ether oxygens (including phenoxy) is 3. The van der Waals surface area contributed by atoms with Crippen LogP contribution in [0.1, 0.15) is 34.0 Å². The van der Waals surface area contributed by atoms with Gasteiger partial charge in [0.2, 0.25) is 6.79 Å². The Hall–Kier alpha value is -3.80. The fourth-order valence-corrected chi connectivity index (χ4v) is 3.47. The number of hydrogen-bond acceptors (Lipinski definition) is 5. The van der Waals surface area contributed by atoms with Crippen molar-refractivity contribution in [1.82, 2.24) is 5.43 Å². The first-order valence-corrected chi connectivity index (χ1v) is 9.35. The topological polar surface area (TPSA) is 69.2 Å². The Balaban J connectivity index is 1.41. The number of amides is 1. The molecular formula is C23H18N2O4. The number of hydrogen-bond donors (Lipinski definition) is 1. The number of carbonyl (C=O) groups is 1. The summed E-state index contributed by atoms with van der Waals surface area (Å²) in [6.07, 6.45) is 0.398. The van der Waals surface area contributed by atoms with E-state index in [1.807, 2.05) is 54.6 Å². The average Bonchev–Trinajstić information content (AvgIpc) is 3.25. The van der Waals surface area contributed by atoms with Gasteiger partial charge in [0.25, 0.3) is 5.91 Å². The van der Waals surface area contributed by atoms with E-state index in [0.29, 0.717) is 23.5 Å². The van der Waals surface area contributed by atoms with Crippen molar-refractivity contribution in [2.24, 2.45) is 5.10 Å². The van der Waals surface area contributed by atoms with E-state index in [1.54, 1.807) is 18.2 Å². The molecule has 3 aromatic carbocycles. The lowest BCUT2D eigenvalue weighted by atomic mass is 9.96. The van der Waals surface area contributed by atoms with Crippen molar-refractivity contribution in [3.05, 3.63) is 89.5 Å². The van der Waals surface area contributed by atoms with Gasteiger partial charge in [-0.05, 0) is 35.9 Å². The third kappa shape index (κ3) is 3.40. The summed E-state index contributed by atoms with van der Waals surface area (Å²) in [7, 11) is 0. The molecule has 0 bridgehead atoms. The highest BCUT2D eigenvalue weighted by Gasteiger charge is 2.26. The Morgan fingerprint density at radius 3 is 2.59 bits per heavy atom. The second-order valence-corrected chi connectivity index (χ2v) is 6.78. The van der Waals surface area contributed by atoms with Gasteiger partial charge in [-0.15, -0.1) is 0 Å². The van der Waals surface area contributed by atoms with Gasteiger partial charge >= 0.3 is 0 Å². The number of benzene rings is 3. The quantitative estimate of drug-likeness (QED) is 0.689. The molecule has 5 rings (SSSR count). The van der Waals surface area contributed by atoms with E-state index in [2.05, 4.69) is 10.5 Å². The van der Waals surface area contributed by atoms with Crippen LogP contribution in [0.25, 0.3) is 0 Å². The lowest BCUT2D eigenvalue weighted by Gasteiger charge is -2.27. The Morgan fingerprint density at radius 1 is 0.897 bits per heavy atom. The second-order valence-electron chi connectivity index (χ2n) is 6.78. The Kier molecular flexibility index (Phi) is 4.37. The Bertz CT molecular complexity index is 1100.